The first kappa shape index (κ1) is 19.6. The van der Waals surface area contributed by atoms with Crippen LogP contribution in [0.25, 0.3) is 11.1 Å². The third-order valence-electron chi connectivity index (χ3n) is 5.72. The van der Waals surface area contributed by atoms with Crippen LogP contribution in [-0.2, 0) is 10.5 Å². The van der Waals surface area contributed by atoms with Crippen molar-refractivity contribution in [1.29, 1.82) is 0 Å². The van der Waals surface area contributed by atoms with Gasteiger partial charge in [0, 0.05) is 41.5 Å². The Balaban J connectivity index is 1.33. The standard InChI is InChI=1S/C23H25N3O3S/c1-14-21-19(12-20(16-5-6-16)25-23(21)29-26-14)22(27)24-17-4-2-3-15(11-17)13-30-18-7-9-28-10-8-18/h2-4,11-12,16,18H,5-10,13H2,1H3,(H,24,27). The predicted molar refractivity (Wildman–Crippen MR) is 118 cm³/mol. The third-order valence-corrected chi connectivity index (χ3v) is 7.16. The fourth-order valence-electron chi connectivity index (χ4n) is 3.88. The molecule has 0 spiro atoms. The first-order valence-corrected chi connectivity index (χ1v) is 11.6. The van der Waals surface area contributed by atoms with Crippen molar-refractivity contribution in [3.05, 3.63) is 52.8 Å². The summed E-state index contributed by atoms with van der Waals surface area (Å²) >= 11 is 1.97. The first-order valence-electron chi connectivity index (χ1n) is 10.5. The number of rotatable bonds is 6. The number of carbonyl (C=O) groups excluding carboxylic acids is 1. The topological polar surface area (TPSA) is 77.2 Å². The van der Waals surface area contributed by atoms with Gasteiger partial charge in [-0.15, -0.1) is 0 Å². The maximum Gasteiger partial charge on any atom is 0.259 e. The molecule has 3 heterocycles. The van der Waals surface area contributed by atoms with Gasteiger partial charge < -0.3 is 14.6 Å². The van der Waals surface area contributed by atoms with E-state index in [1.54, 1.807) is 0 Å². The summed E-state index contributed by atoms with van der Waals surface area (Å²) in [6.45, 7) is 3.56. The lowest BCUT2D eigenvalue weighted by molar-refractivity contribution is 0.1000. The zero-order valence-corrected chi connectivity index (χ0v) is 17.8. The number of carbonyl (C=O) groups is 1. The lowest BCUT2D eigenvalue weighted by Crippen LogP contribution is -2.17. The molecule has 1 saturated heterocycles. The number of hydrogen-bond acceptors (Lipinski definition) is 6. The number of thioether (sulfide) groups is 1. The highest BCUT2D eigenvalue weighted by Gasteiger charge is 2.28. The maximum atomic E-state index is 13.2. The predicted octanol–water partition coefficient (Wildman–Crippen LogP) is 5.07. The molecule has 0 bridgehead atoms. The molecule has 6 nitrogen and oxygen atoms in total. The van der Waals surface area contributed by atoms with Gasteiger partial charge in [0.2, 0.25) is 0 Å². The number of aryl methyl sites for hydroxylation is 1. The van der Waals surface area contributed by atoms with Crippen LogP contribution < -0.4 is 5.32 Å². The van der Waals surface area contributed by atoms with Gasteiger partial charge in [-0.25, -0.2) is 4.98 Å². The molecule has 1 N–H and O–H groups in total. The Kier molecular flexibility index (Phi) is 5.48. The van der Waals surface area contributed by atoms with Crippen LogP contribution in [0.5, 0.6) is 0 Å². The molecule has 30 heavy (non-hydrogen) atoms. The van der Waals surface area contributed by atoms with Gasteiger partial charge in [0.15, 0.2) is 0 Å². The Morgan fingerprint density at radius 3 is 2.83 bits per heavy atom. The summed E-state index contributed by atoms with van der Waals surface area (Å²) in [6, 6.07) is 10.0. The lowest BCUT2D eigenvalue weighted by Gasteiger charge is -2.21. The van der Waals surface area contributed by atoms with Crippen LogP contribution in [0.2, 0.25) is 0 Å². The fourth-order valence-corrected chi connectivity index (χ4v) is 5.01. The van der Waals surface area contributed by atoms with E-state index in [0.29, 0.717) is 33.5 Å². The summed E-state index contributed by atoms with van der Waals surface area (Å²) in [7, 11) is 0. The molecule has 5 rings (SSSR count). The van der Waals surface area contributed by atoms with Crippen molar-refractivity contribution >= 4 is 34.5 Å². The average Bonchev–Trinajstić information content (AvgIpc) is 3.56. The minimum absolute atomic E-state index is 0.148. The summed E-state index contributed by atoms with van der Waals surface area (Å²) in [4.78, 5) is 17.7. The van der Waals surface area contributed by atoms with Crippen LogP contribution in [0.3, 0.4) is 0 Å². The number of nitrogens with zero attached hydrogens (tertiary/aromatic N) is 2. The van der Waals surface area contributed by atoms with Crippen molar-refractivity contribution in [3.8, 4) is 0 Å². The zero-order valence-electron chi connectivity index (χ0n) is 17.0. The molecule has 2 aromatic heterocycles. The van der Waals surface area contributed by atoms with E-state index >= 15 is 0 Å². The fraction of sp³-hybridized carbons (Fsp3) is 0.435. The Labute approximate surface area is 179 Å². The second kappa shape index (κ2) is 8.40. The molecule has 0 atom stereocenters. The second-order valence-electron chi connectivity index (χ2n) is 8.09. The highest BCUT2D eigenvalue weighted by Crippen LogP contribution is 2.40. The number of fused-ring (bicyclic) bond motifs is 1. The largest absolute Gasteiger partial charge is 0.381 e. The number of benzene rings is 1. The minimum atomic E-state index is -0.148. The van der Waals surface area contributed by atoms with Gasteiger partial charge in [-0.05, 0) is 56.4 Å². The van der Waals surface area contributed by atoms with Crippen LogP contribution in [0.15, 0.2) is 34.9 Å². The number of pyridine rings is 1. The van der Waals surface area contributed by atoms with E-state index in [0.717, 1.165) is 56.0 Å². The molecule has 1 aromatic carbocycles. The molecule has 3 aromatic rings. The number of anilines is 1. The van der Waals surface area contributed by atoms with Gasteiger partial charge in [-0.2, -0.15) is 11.8 Å². The molecular formula is C23H25N3O3S. The second-order valence-corrected chi connectivity index (χ2v) is 9.38. The van der Waals surface area contributed by atoms with Crippen molar-refractivity contribution in [2.45, 2.75) is 49.5 Å². The van der Waals surface area contributed by atoms with Crippen molar-refractivity contribution in [3.63, 3.8) is 0 Å². The Hall–Kier alpha value is -2.38. The molecule has 1 saturated carbocycles. The van der Waals surface area contributed by atoms with Crippen LogP contribution in [0.1, 0.15) is 58.9 Å². The van der Waals surface area contributed by atoms with E-state index < -0.39 is 0 Å². The molecule has 0 radical (unpaired) electrons. The molecule has 1 aliphatic heterocycles. The molecule has 1 aliphatic carbocycles. The summed E-state index contributed by atoms with van der Waals surface area (Å²) in [5, 5.41) is 8.44. The SMILES string of the molecule is Cc1noc2nc(C3CC3)cc(C(=O)Nc3cccc(CSC4CCOCC4)c3)c12. The molecular weight excluding hydrogens is 398 g/mol. The average molecular weight is 424 g/mol. The van der Waals surface area contributed by atoms with E-state index in [1.165, 1.54) is 5.56 Å². The van der Waals surface area contributed by atoms with Crippen molar-refractivity contribution in [2.24, 2.45) is 0 Å². The van der Waals surface area contributed by atoms with Gasteiger partial charge in [0.25, 0.3) is 11.6 Å². The van der Waals surface area contributed by atoms with E-state index in [4.69, 9.17) is 9.26 Å². The molecule has 2 aliphatic rings. The van der Waals surface area contributed by atoms with Crippen LogP contribution in [-0.4, -0.2) is 34.5 Å². The molecule has 156 valence electrons. The molecule has 0 unspecified atom stereocenters. The van der Waals surface area contributed by atoms with Gasteiger partial charge in [0.05, 0.1) is 16.6 Å². The van der Waals surface area contributed by atoms with Crippen LogP contribution >= 0.6 is 11.8 Å². The van der Waals surface area contributed by atoms with Crippen molar-refractivity contribution in [2.75, 3.05) is 18.5 Å². The zero-order chi connectivity index (χ0) is 20.5. The summed E-state index contributed by atoms with van der Waals surface area (Å²) < 4.78 is 10.8. The summed E-state index contributed by atoms with van der Waals surface area (Å²) in [6.07, 6.45) is 4.44. The Morgan fingerprint density at radius 2 is 2.03 bits per heavy atom. The van der Waals surface area contributed by atoms with E-state index in [2.05, 4.69) is 27.6 Å². The molecule has 1 amide bonds. The van der Waals surface area contributed by atoms with Gasteiger partial charge in [0.1, 0.15) is 0 Å². The van der Waals surface area contributed by atoms with Crippen molar-refractivity contribution < 1.29 is 14.1 Å². The van der Waals surface area contributed by atoms with E-state index in [-0.39, 0.29) is 5.91 Å². The van der Waals surface area contributed by atoms with Crippen molar-refractivity contribution in [1.82, 2.24) is 10.1 Å². The number of nitrogens with one attached hydrogen (secondary N) is 1. The van der Waals surface area contributed by atoms with Crippen LogP contribution in [0, 0.1) is 6.92 Å². The monoisotopic (exact) mass is 423 g/mol. The number of aromatic nitrogens is 2. The third kappa shape index (κ3) is 4.23. The van der Waals surface area contributed by atoms with E-state index in [1.807, 2.05) is 36.9 Å². The number of hydrogen-bond donors (Lipinski definition) is 1. The van der Waals surface area contributed by atoms with Gasteiger partial charge in [-0.1, -0.05) is 17.3 Å². The maximum absolute atomic E-state index is 13.2. The number of ether oxygens (including phenoxy) is 1. The lowest BCUT2D eigenvalue weighted by atomic mass is 10.1. The Morgan fingerprint density at radius 1 is 1.20 bits per heavy atom. The van der Waals surface area contributed by atoms with E-state index in [9.17, 15) is 4.79 Å². The van der Waals surface area contributed by atoms with Gasteiger partial charge >= 0.3 is 0 Å². The smallest absolute Gasteiger partial charge is 0.259 e. The first-order chi connectivity index (χ1) is 14.7. The van der Waals surface area contributed by atoms with Gasteiger partial charge in [-0.3, -0.25) is 4.79 Å². The van der Waals surface area contributed by atoms with Crippen LogP contribution in [0.4, 0.5) is 5.69 Å². The Bertz CT molecular complexity index is 1070. The summed E-state index contributed by atoms with van der Waals surface area (Å²) in [5.74, 6) is 1.21. The normalized spacial score (nSPS) is 17.4. The number of amides is 1. The molecule has 7 heteroatoms. The molecule has 2 fully saturated rings. The highest BCUT2D eigenvalue weighted by molar-refractivity contribution is 7.99. The quantitative estimate of drug-likeness (QED) is 0.596. The highest BCUT2D eigenvalue weighted by atomic mass is 32.2. The summed E-state index contributed by atoms with van der Waals surface area (Å²) in [5.41, 5.74) is 4.66. The minimum Gasteiger partial charge on any atom is -0.381 e.